The van der Waals surface area contributed by atoms with Crippen LogP contribution in [0.3, 0.4) is 0 Å². The van der Waals surface area contributed by atoms with Crippen molar-refractivity contribution in [2.75, 3.05) is 13.2 Å². The van der Waals surface area contributed by atoms with E-state index in [2.05, 4.69) is 26.0 Å². The summed E-state index contributed by atoms with van der Waals surface area (Å²) in [5.41, 5.74) is 3.16. The second-order valence-corrected chi connectivity index (χ2v) is 5.65. The van der Waals surface area contributed by atoms with E-state index in [4.69, 9.17) is 9.84 Å². The van der Waals surface area contributed by atoms with E-state index < -0.39 is 0 Å². The van der Waals surface area contributed by atoms with Gasteiger partial charge in [-0.3, -0.25) is 0 Å². The highest BCUT2D eigenvalue weighted by Crippen LogP contribution is 2.43. The predicted molar refractivity (Wildman–Crippen MR) is 71.2 cm³/mol. The molecule has 1 heterocycles. The lowest BCUT2D eigenvalue weighted by Gasteiger charge is -2.41. The van der Waals surface area contributed by atoms with E-state index in [0.717, 1.165) is 5.57 Å². The highest BCUT2D eigenvalue weighted by Gasteiger charge is 2.38. The zero-order valence-corrected chi connectivity index (χ0v) is 11.3. The molecule has 0 amide bonds. The van der Waals surface area contributed by atoms with Crippen LogP contribution in [0.4, 0.5) is 0 Å². The summed E-state index contributed by atoms with van der Waals surface area (Å²) in [7, 11) is 0. The Morgan fingerprint density at radius 2 is 2.28 bits per heavy atom. The van der Waals surface area contributed by atoms with Crippen molar-refractivity contribution in [2.24, 2.45) is 5.41 Å². The molecule has 18 heavy (non-hydrogen) atoms. The third-order valence-electron chi connectivity index (χ3n) is 4.06. The van der Waals surface area contributed by atoms with Crippen molar-refractivity contribution < 1.29 is 14.9 Å². The molecular formula is C15H22O3. The van der Waals surface area contributed by atoms with Crippen LogP contribution in [-0.4, -0.2) is 35.6 Å². The molecule has 0 aromatic rings. The fraction of sp³-hybridized carbons (Fsp3) is 0.600. The number of hydrogen-bond donors (Lipinski definition) is 2. The summed E-state index contributed by atoms with van der Waals surface area (Å²) in [5.74, 6) is 0. The molecule has 2 aliphatic rings. The Morgan fingerprint density at radius 3 is 2.94 bits per heavy atom. The van der Waals surface area contributed by atoms with E-state index in [-0.39, 0.29) is 24.2 Å². The molecule has 0 bridgehead atoms. The fourth-order valence-electron chi connectivity index (χ4n) is 2.61. The van der Waals surface area contributed by atoms with Gasteiger partial charge in [-0.15, -0.1) is 0 Å². The summed E-state index contributed by atoms with van der Waals surface area (Å²) in [6, 6.07) is 0. The van der Waals surface area contributed by atoms with Gasteiger partial charge in [0.2, 0.25) is 0 Å². The van der Waals surface area contributed by atoms with Crippen LogP contribution in [0.1, 0.15) is 27.2 Å². The van der Waals surface area contributed by atoms with Crippen LogP contribution >= 0.6 is 0 Å². The molecule has 1 aliphatic heterocycles. The molecule has 100 valence electrons. The number of ether oxygens (including phenoxy) is 1. The monoisotopic (exact) mass is 250 g/mol. The van der Waals surface area contributed by atoms with E-state index in [1.165, 1.54) is 11.1 Å². The standard InChI is InChI=1S/C15H22O3/c1-10(6-7-16)13-8-12-11(9-18-13)4-5-14(17)15(12,2)3/h4,6,8,13-14,16-17H,5,7,9H2,1-3H3/b10-6+/t13-,14+/m1/s1. The minimum absolute atomic E-state index is 0.0313. The molecular weight excluding hydrogens is 228 g/mol. The second-order valence-electron chi connectivity index (χ2n) is 5.65. The van der Waals surface area contributed by atoms with Gasteiger partial charge in [-0.25, -0.2) is 0 Å². The van der Waals surface area contributed by atoms with Crippen LogP contribution in [0.2, 0.25) is 0 Å². The topological polar surface area (TPSA) is 49.7 Å². The Bertz CT molecular complexity index is 415. The number of aliphatic hydroxyl groups is 2. The zero-order valence-electron chi connectivity index (χ0n) is 11.3. The zero-order chi connectivity index (χ0) is 13.3. The van der Waals surface area contributed by atoms with E-state index in [1.807, 2.05) is 6.92 Å². The maximum atomic E-state index is 10.1. The molecule has 0 saturated heterocycles. The van der Waals surface area contributed by atoms with E-state index in [9.17, 15) is 5.11 Å². The lowest BCUT2D eigenvalue weighted by Crippen LogP contribution is -2.38. The Balaban J connectivity index is 2.34. The van der Waals surface area contributed by atoms with Crippen molar-refractivity contribution in [3.05, 3.63) is 34.9 Å². The van der Waals surface area contributed by atoms with Gasteiger partial charge in [0.1, 0.15) is 0 Å². The van der Waals surface area contributed by atoms with Gasteiger partial charge in [-0.1, -0.05) is 26.0 Å². The van der Waals surface area contributed by atoms with E-state index in [1.54, 1.807) is 6.08 Å². The van der Waals surface area contributed by atoms with Gasteiger partial charge in [0.15, 0.2) is 0 Å². The molecule has 3 heteroatoms. The largest absolute Gasteiger partial charge is 0.392 e. The number of fused-ring (bicyclic) bond motifs is 1. The highest BCUT2D eigenvalue weighted by atomic mass is 16.5. The summed E-state index contributed by atoms with van der Waals surface area (Å²) in [4.78, 5) is 0. The van der Waals surface area contributed by atoms with Gasteiger partial charge in [-0.2, -0.15) is 0 Å². The Morgan fingerprint density at radius 1 is 1.56 bits per heavy atom. The normalized spacial score (nSPS) is 31.5. The van der Waals surface area contributed by atoms with Crippen LogP contribution in [-0.2, 0) is 4.74 Å². The van der Waals surface area contributed by atoms with Crippen LogP contribution in [0.5, 0.6) is 0 Å². The quantitative estimate of drug-likeness (QED) is 0.737. The van der Waals surface area contributed by atoms with E-state index in [0.29, 0.717) is 13.0 Å². The molecule has 2 rings (SSSR count). The Kier molecular flexibility index (Phi) is 3.76. The first-order valence-electron chi connectivity index (χ1n) is 6.45. The van der Waals surface area contributed by atoms with Crippen molar-refractivity contribution >= 4 is 0 Å². The Labute approximate surface area is 108 Å². The average molecular weight is 250 g/mol. The first kappa shape index (κ1) is 13.5. The molecule has 0 spiro atoms. The highest BCUT2D eigenvalue weighted by molar-refractivity contribution is 5.44. The first-order valence-corrected chi connectivity index (χ1v) is 6.45. The molecule has 0 radical (unpaired) electrons. The Hall–Kier alpha value is -0.900. The lowest BCUT2D eigenvalue weighted by atomic mass is 9.69. The summed E-state index contributed by atoms with van der Waals surface area (Å²) < 4.78 is 5.78. The molecule has 2 atom stereocenters. The van der Waals surface area contributed by atoms with Crippen molar-refractivity contribution in [1.82, 2.24) is 0 Å². The minimum atomic E-state index is -0.339. The van der Waals surface area contributed by atoms with Gasteiger partial charge < -0.3 is 14.9 Å². The second kappa shape index (κ2) is 5.00. The molecule has 0 saturated carbocycles. The maximum absolute atomic E-state index is 10.1. The summed E-state index contributed by atoms with van der Waals surface area (Å²) in [6.07, 6.45) is 6.19. The van der Waals surface area contributed by atoms with Crippen molar-refractivity contribution in [1.29, 1.82) is 0 Å². The van der Waals surface area contributed by atoms with Gasteiger partial charge in [0, 0.05) is 5.41 Å². The molecule has 1 aliphatic carbocycles. The van der Waals surface area contributed by atoms with Crippen molar-refractivity contribution in [2.45, 2.75) is 39.4 Å². The van der Waals surface area contributed by atoms with Crippen LogP contribution in [0, 0.1) is 5.41 Å². The number of rotatable bonds is 2. The predicted octanol–water partition coefficient (Wildman–Crippen LogP) is 1.97. The number of hydrogen-bond acceptors (Lipinski definition) is 3. The van der Waals surface area contributed by atoms with Gasteiger partial charge >= 0.3 is 0 Å². The lowest BCUT2D eigenvalue weighted by molar-refractivity contribution is 0.0580. The maximum Gasteiger partial charge on any atom is 0.0975 e. The molecule has 0 aromatic heterocycles. The molecule has 3 nitrogen and oxygen atoms in total. The SMILES string of the molecule is C/C(=C\CO)[C@H]1C=C2C(=CC[C@H](O)C2(C)C)CO1. The fourth-order valence-corrected chi connectivity index (χ4v) is 2.61. The summed E-state index contributed by atoms with van der Waals surface area (Å²) in [6.45, 7) is 6.72. The van der Waals surface area contributed by atoms with Gasteiger partial charge in [-0.05, 0) is 36.1 Å². The molecule has 0 aromatic carbocycles. The van der Waals surface area contributed by atoms with Crippen LogP contribution in [0.25, 0.3) is 0 Å². The first-order chi connectivity index (χ1) is 8.46. The summed E-state index contributed by atoms with van der Waals surface area (Å²) >= 11 is 0. The van der Waals surface area contributed by atoms with Crippen LogP contribution < -0.4 is 0 Å². The third-order valence-corrected chi connectivity index (χ3v) is 4.06. The number of aliphatic hydroxyl groups excluding tert-OH is 2. The van der Waals surface area contributed by atoms with Crippen LogP contribution in [0.15, 0.2) is 34.9 Å². The molecule has 0 fully saturated rings. The molecule has 2 N–H and O–H groups in total. The van der Waals surface area contributed by atoms with Crippen molar-refractivity contribution in [3.63, 3.8) is 0 Å². The smallest absolute Gasteiger partial charge is 0.0975 e. The van der Waals surface area contributed by atoms with Gasteiger partial charge in [0.25, 0.3) is 0 Å². The average Bonchev–Trinajstić information content (AvgIpc) is 2.34. The van der Waals surface area contributed by atoms with E-state index >= 15 is 0 Å². The summed E-state index contributed by atoms with van der Waals surface area (Å²) in [5, 5.41) is 19.1. The minimum Gasteiger partial charge on any atom is -0.392 e. The molecule has 0 unspecified atom stereocenters. The third kappa shape index (κ3) is 2.30. The van der Waals surface area contributed by atoms with Gasteiger partial charge in [0.05, 0.1) is 25.4 Å². The van der Waals surface area contributed by atoms with Crippen molar-refractivity contribution in [3.8, 4) is 0 Å².